The molecule has 21 heavy (non-hydrogen) atoms. The minimum absolute atomic E-state index is 0.0166. The van der Waals surface area contributed by atoms with Crippen LogP contribution in [0.4, 0.5) is 0 Å². The van der Waals surface area contributed by atoms with E-state index in [0.29, 0.717) is 24.7 Å². The molecule has 0 fully saturated rings. The van der Waals surface area contributed by atoms with E-state index in [1.165, 1.54) is 6.42 Å². The van der Waals surface area contributed by atoms with Crippen molar-refractivity contribution in [3.8, 4) is 5.75 Å². The molecule has 5 heteroatoms. The SMILES string of the molecule is CCCCCOc1ccc(Cl)cc1C(CN)N(C)CCO. The molecule has 0 aromatic heterocycles. The van der Waals surface area contributed by atoms with Gasteiger partial charge in [-0.15, -0.1) is 0 Å². The van der Waals surface area contributed by atoms with Gasteiger partial charge in [0, 0.05) is 23.7 Å². The molecule has 0 spiro atoms. The van der Waals surface area contributed by atoms with Crippen LogP contribution in [0.15, 0.2) is 18.2 Å². The van der Waals surface area contributed by atoms with Gasteiger partial charge in [-0.2, -0.15) is 0 Å². The molecule has 3 N–H and O–H groups in total. The Morgan fingerprint density at radius 3 is 2.76 bits per heavy atom. The molecule has 0 radical (unpaired) electrons. The maximum Gasteiger partial charge on any atom is 0.124 e. The van der Waals surface area contributed by atoms with E-state index in [4.69, 9.17) is 27.2 Å². The minimum atomic E-state index is -0.0166. The lowest BCUT2D eigenvalue weighted by Gasteiger charge is -2.28. The molecule has 1 rings (SSSR count). The lowest BCUT2D eigenvalue weighted by atomic mass is 10.0. The predicted molar refractivity (Wildman–Crippen MR) is 88.0 cm³/mol. The third-order valence-electron chi connectivity index (χ3n) is 3.54. The van der Waals surface area contributed by atoms with Gasteiger partial charge in [0.05, 0.1) is 19.3 Å². The van der Waals surface area contributed by atoms with E-state index in [9.17, 15) is 0 Å². The van der Waals surface area contributed by atoms with Crippen molar-refractivity contribution in [3.63, 3.8) is 0 Å². The zero-order valence-corrected chi connectivity index (χ0v) is 13.8. The molecule has 4 nitrogen and oxygen atoms in total. The van der Waals surface area contributed by atoms with Crippen LogP contribution in [0, 0.1) is 0 Å². The summed E-state index contributed by atoms with van der Waals surface area (Å²) in [5.41, 5.74) is 6.89. The number of aliphatic hydroxyl groups is 1. The van der Waals surface area contributed by atoms with Crippen LogP contribution in [0.2, 0.25) is 5.02 Å². The summed E-state index contributed by atoms with van der Waals surface area (Å²) in [7, 11) is 1.94. The van der Waals surface area contributed by atoms with Crippen molar-refractivity contribution < 1.29 is 9.84 Å². The number of benzene rings is 1. The summed E-state index contributed by atoms with van der Waals surface area (Å²) in [4.78, 5) is 2.02. The normalized spacial score (nSPS) is 12.7. The van der Waals surface area contributed by atoms with E-state index < -0.39 is 0 Å². The first-order valence-electron chi connectivity index (χ1n) is 7.57. The van der Waals surface area contributed by atoms with Gasteiger partial charge in [0.15, 0.2) is 0 Å². The highest BCUT2D eigenvalue weighted by Crippen LogP contribution is 2.31. The molecule has 1 unspecified atom stereocenters. The number of unbranched alkanes of at least 4 members (excludes halogenated alkanes) is 2. The van der Waals surface area contributed by atoms with Crippen molar-refractivity contribution >= 4 is 11.6 Å². The van der Waals surface area contributed by atoms with E-state index in [0.717, 1.165) is 24.2 Å². The van der Waals surface area contributed by atoms with E-state index in [2.05, 4.69) is 6.92 Å². The van der Waals surface area contributed by atoms with Gasteiger partial charge in [-0.1, -0.05) is 31.4 Å². The highest BCUT2D eigenvalue weighted by atomic mass is 35.5. The molecule has 120 valence electrons. The van der Waals surface area contributed by atoms with E-state index in [1.54, 1.807) is 0 Å². The number of nitrogens with two attached hydrogens (primary N) is 1. The molecule has 0 saturated heterocycles. The fraction of sp³-hybridized carbons (Fsp3) is 0.625. The Hall–Kier alpha value is -0.810. The van der Waals surface area contributed by atoms with Gasteiger partial charge in [-0.25, -0.2) is 0 Å². The average molecular weight is 315 g/mol. The summed E-state index contributed by atoms with van der Waals surface area (Å²) in [6.07, 6.45) is 3.37. The first kappa shape index (κ1) is 18.2. The van der Waals surface area contributed by atoms with Crippen LogP contribution >= 0.6 is 11.6 Å². The monoisotopic (exact) mass is 314 g/mol. The molecular formula is C16H27ClN2O2. The van der Waals surface area contributed by atoms with E-state index in [-0.39, 0.29) is 12.6 Å². The van der Waals surface area contributed by atoms with Crippen molar-refractivity contribution in [1.29, 1.82) is 0 Å². The van der Waals surface area contributed by atoms with Gasteiger partial charge in [0.1, 0.15) is 5.75 Å². The molecule has 1 aromatic rings. The first-order chi connectivity index (χ1) is 10.1. The molecular weight excluding hydrogens is 288 g/mol. The standard InChI is InChI=1S/C16H27ClN2O2/c1-3-4-5-10-21-16-7-6-13(17)11-14(16)15(12-18)19(2)8-9-20/h6-7,11,15,20H,3-5,8-10,12,18H2,1-2H3. The summed E-state index contributed by atoms with van der Waals surface area (Å²) < 4.78 is 5.90. The Morgan fingerprint density at radius 2 is 2.14 bits per heavy atom. The topological polar surface area (TPSA) is 58.7 Å². The van der Waals surface area contributed by atoms with Crippen molar-refractivity contribution in [2.24, 2.45) is 5.73 Å². The van der Waals surface area contributed by atoms with Gasteiger partial charge in [-0.3, -0.25) is 4.90 Å². The summed E-state index contributed by atoms with van der Waals surface area (Å²) in [6.45, 7) is 3.97. The summed E-state index contributed by atoms with van der Waals surface area (Å²) in [5, 5.41) is 9.78. The highest BCUT2D eigenvalue weighted by molar-refractivity contribution is 6.30. The molecule has 0 heterocycles. The lowest BCUT2D eigenvalue weighted by molar-refractivity contribution is 0.180. The quantitative estimate of drug-likeness (QED) is 0.652. The van der Waals surface area contributed by atoms with Crippen LogP contribution in [0.3, 0.4) is 0 Å². The predicted octanol–water partition coefficient (Wildman–Crippen LogP) is 2.83. The largest absolute Gasteiger partial charge is 0.493 e. The zero-order chi connectivity index (χ0) is 15.7. The number of rotatable bonds is 10. The Labute approximate surface area is 132 Å². The van der Waals surface area contributed by atoms with Crippen LogP contribution in [0.1, 0.15) is 37.8 Å². The highest BCUT2D eigenvalue weighted by Gasteiger charge is 2.19. The van der Waals surface area contributed by atoms with Crippen LogP contribution < -0.4 is 10.5 Å². The molecule has 0 aliphatic heterocycles. The average Bonchev–Trinajstić information content (AvgIpc) is 2.46. The van der Waals surface area contributed by atoms with Gasteiger partial charge >= 0.3 is 0 Å². The molecule has 0 aliphatic rings. The molecule has 0 aliphatic carbocycles. The maximum absolute atomic E-state index is 9.11. The van der Waals surface area contributed by atoms with E-state index in [1.807, 2.05) is 30.1 Å². The van der Waals surface area contributed by atoms with Crippen LogP contribution in [0.25, 0.3) is 0 Å². The third-order valence-corrected chi connectivity index (χ3v) is 3.78. The summed E-state index contributed by atoms with van der Waals surface area (Å²) >= 11 is 6.12. The smallest absolute Gasteiger partial charge is 0.124 e. The number of ether oxygens (including phenoxy) is 1. The fourth-order valence-electron chi connectivity index (χ4n) is 2.30. The van der Waals surface area contributed by atoms with Crippen molar-refractivity contribution in [2.45, 2.75) is 32.2 Å². The second-order valence-electron chi connectivity index (χ2n) is 5.19. The van der Waals surface area contributed by atoms with Crippen molar-refractivity contribution in [3.05, 3.63) is 28.8 Å². The third kappa shape index (κ3) is 5.83. The first-order valence-corrected chi connectivity index (χ1v) is 7.95. The van der Waals surface area contributed by atoms with E-state index >= 15 is 0 Å². The Kier molecular flexibility index (Phi) is 8.69. The second kappa shape index (κ2) is 10.0. The Morgan fingerprint density at radius 1 is 1.38 bits per heavy atom. The van der Waals surface area contributed by atoms with Crippen LogP contribution in [-0.4, -0.2) is 43.4 Å². The molecule has 1 aromatic carbocycles. The maximum atomic E-state index is 9.11. The second-order valence-corrected chi connectivity index (χ2v) is 5.63. The number of hydrogen-bond acceptors (Lipinski definition) is 4. The van der Waals surface area contributed by atoms with Gasteiger partial charge in [0.25, 0.3) is 0 Å². The van der Waals surface area contributed by atoms with Gasteiger partial charge in [0.2, 0.25) is 0 Å². The molecule has 0 saturated carbocycles. The van der Waals surface area contributed by atoms with Crippen LogP contribution in [0.5, 0.6) is 5.75 Å². The fourth-order valence-corrected chi connectivity index (χ4v) is 2.48. The minimum Gasteiger partial charge on any atom is -0.493 e. The number of hydrogen-bond donors (Lipinski definition) is 2. The number of halogens is 1. The molecule has 0 amide bonds. The van der Waals surface area contributed by atoms with Crippen LogP contribution in [-0.2, 0) is 0 Å². The zero-order valence-electron chi connectivity index (χ0n) is 13.0. The number of aliphatic hydroxyl groups excluding tert-OH is 1. The van der Waals surface area contributed by atoms with Crippen molar-refractivity contribution in [2.75, 3.05) is 33.4 Å². The Bertz CT molecular complexity index is 415. The van der Waals surface area contributed by atoms with Crippen molar-refractivity contribution in [1.82, 2.24) is 4.90 Å². The Balaban J connectivity index is 2.88. The number of nitrogens with zero attached hydrogens (tertiary/aromatic N) is 1. The lowest BCUT2D eigenvalue weighted by Crippen LogP contribution is -2.33. The molecule has 0 bridgehead atoms. The van der Waals surface area contributed by atoms with Gasteiger partial charge in [-0.05, 0) is 31.7 Å². The summed E-state index contributed by atoms with van der Waals surface area (Å²) in [6, 6.07) is 5.62. The number of likely N-dealkylation sites (N-methyl/N-ethyl adjacent to an activating group) is 1. The molecule has 1 atom stereocenters. The summed E-state index contributed by atoms with van der Waals surface area (Å²) in [5.74, 6) is 0.829. The van der Waals surface area contributed by atoms with Gasteiger partial charge < -0.3 is 15.6 Å².